The van der Waals surface area contributed by atoms with Gasteiger partial charge in [0.05, 0.1) is 17.3 Å². The topological polar surface area (TPSA) is 54.9 Å². The van der Waals surface area contributed by atoms with Crippen LogP contribution in [-0.2, 0) is 4.79 Å². The molecule has 1 atom stereocenters. The fraction of sp³-hybridized carbons (Fsp3) is 0.211. The van der Waals surface area contributed by atoms with Crippen molar-refractivity contribution >= 4 is 40.2 Å². The monoisotopic (exact) mass is 371 g/mol. The number of rotatable bonds is 5. The van der Waals surface area contributed by atoms with Crippen molar-refractivity contribution < 1.29 is 4.79 Å². The molecule has 3 aromatic rings. The minimum atomic E-state index is -0.0748. The zero-order chi connectivity index (χ0) is 17.8. The minimum absolute atomic E-state index is 0.0344. The van der Waals surface area contributed by atoms with E-state index in [0.717, 1.165) is 21.5 Å². The van der Waals surface area contributed by atoms with Gasteiger partial charge >= 0.3 is 0 Å². The van der Waals surface area contributed by atoms with Gasteiger partial charge in [-0.3, -0.25) is 4.79 Å². The average molecular weight is 372 g/mol. The first-order valence-corrected chi connectivity index (χ1v) is 9.30. The molecule has 4 nitrogen and oxygen atoms in total. The number of aromatic nitrogens is 2. The van der Waals surface area contributed by atoms with Gasteiger partial charge in [0.1, 0.15) is 10.9 Å². The number of benzene rings is 2. The van der Waals surface area contributed by atoms with Crippen LogP contribution in [0.3, 0.4) is 0 Å². The van der Waals surface area contributed by atoms with E-state index in [0.29, 0.717) is 16.6 Å². The highest BCUT2D eigenvalue weighted by molar-refractivity contribution is 8.00. The Hall–Kier alpha value is -2.11. The molecule has 0 aliphatic rings. The van der Waals surface area contributed by atoms with Gasteiger partial charge in [-0.05, 0) is 37.6 Å². The number of hydrogen-bond acceptors (Lipinski definition) is 4. The predicted molar refractivity (Wildman–Crippen MR) is 103 cm³/mol. The van der Waals surface area contributed by atoms with Crippen LogP contribution < -0.4 is 5.32 Å². The van der Waals surface area contributed by atoms with Gasteiger partial charge in [-0.25, -0.2) is 9.97 Å². The summed E-state index contributed by atoms with van der Waals surface area (Å²) in [5.41, 5.74) is 1.92. The molecular formula is C19H18ClN3OS. The number of thioether (sulfide) groups is 1. The van der Waals surface area contributed by atoms with Gasteiger partial charge in [-0.1, -0.05) is 53.7 Å². The summed E-state index contributed by atoms with van der Waals surface area (Å²) in [6, 6.07) is 15.2. The summed E-state index contributed by atoms with van der Waals surface area (Å²) in [7, 11) is 0. The molecular weight excluding hydrogens is 354 g/mol. The van der Waals surface area contributed by atoms with Gasteiger partial charge in [0.15, 0.2) is 0 Å². The van der Waals surface area contributed by atoms with Crippen molar-refractivity contribution in [2.24, 2.45) is 0 Å². The Morgan fingerprint density at radius 2 is 1.88 bits per heavy atom. The SMILES string of the molecule is Cc1nc(SCC(=O)N[C@@H](C)c2ccc(Cl)cc2)c2ccccc2n1. The molecule has 0 radical (unpaired) electrons. The highest BCUT2D eigenvalue weighted by atomic mass is 35.5. The van der Waals surface area contributed by atoms with E-state index in [9.17, 15) is 4.79 Å². The standard InChI is InChI=1S/C19H18ClN3OS/c1-12(14-7-9-15(20)10-8-14)21-18(24)11-25-19-16-5-3-4-6-17(16)22-13(2)23-19/h3-10,12H,11H2,1-2H3,(H,21,24)/t12-/m0/s1. The zero-order valence-electron chi connectivity index (χ0n) is 14.0. The molecule has 0 saturated heterocycles. The highest BCUT2D eigenvalue weighted by Gasteiger charge is 2.12. The first kappa shape index (κ1) is 17.7. The molecule has 1 heterocycles. The molecule has 0 bridgehead atoms. The number of amides is 1. The molecule has 1 aromatic heterocycles. The summed E-state index contributed by atoms with van der Waals surface area (Å²) in [6.07, 6.45) is 0. The Kier molecular flexibility index (Phi) is 5.56. The van der Waals surface area contributed by atoms with E-state index in [-0.39, 0.29) is 11.9 Å². The number of carbonyl (C=O) groups excluding carboxylic acids is 1. The Morgan fingerprint density at radius 1 is 1.16 bits per heavy atom. The Morgan fingerprint density at radius 3 is 2.64 bits per heavy atom. The van der Waals surface area contributed by atoms with E-state index in [4.69, 9.17) is 11.6 Å². The maximum atomic E-state index is 12.3. The van der Waals surface area contributed by atoms with Crippen molar-refractivity contribution in [3.05, 3.63) is 64.9 Å². The fourth-order valence-electron chi connectivity index (χ4n) is 2.52. The van der Waals surface area contributed by atoms with Crippen LogP contribution in [0.15, 0.2) is 53.6 Å². The third kappa shape index (κ3) is 4.50. The van der Waals surface area contributed by atoms with Crippen LogP contribution in [0.4, 0.5) is 0 Å². The average Bonchev–Trinajstić information content (AvgIpc) is 2.60. The summed E-state index contributed by atoms with van der Waals surface area (Å²) in [5.74, 6) is 0.974. The van der Waals surface area contributed by atoms with Crippen molar-refractivity contribution in [3.8, 4) is 0 Å². The molecule has 0 fully saturated rings. The van der Waals surface area contributed by atoms with Gasteiger partial charge in [0.2, 0.25) is 5.91 Å². The molecule has 0 aliphatic heterocycles. The molecule has 25 heavy (non-hydrogen) atoms. The molecule has 0 spiro atoms. The first-order valence-electron chi connectivity index (χ1n) is 7.94. The third-order valence-corrected chi connectivity index (χ3v) is 5.01. The van der Waals surface area contributed by atoms with Crippen LogP contribution in [0.1, 0.15) is 24.4 Å². The number of hydrogen-bond donors (Lipinski definition) is 1. The highest BCUT2D eigenvalue weighted by Crippen LogP contribution is 2.25. The lowest BCUT2D eigenvalue weighted by Gasteiger charge is -2.14. The van der Waals surface area contributed by atoms with Crippen molar-refractivity contribution in [3.63, 3.8) is 0 Å². The third-order valence-electron chi connectivity index (χ3n) is 3.77. The van der Waals surface area contributed by atoms with Gasteiger partial charge in [-0.15, -0.1) is 0 Å². The largest absolute Gasteiger partial charge is 0.349 e. The molecule has 0 aliphatic carbocycles. The molecule has 0 saturated carbocycles. The maximum Gasteiger partial charge on any atom is 0.230 e. The van der Waals surface area contributed by atoms with E-state index in [1.165, 1.54) is 11.8 Å². The molecule has 3 rings (SSSR count). The predicted octanol–water partition coefficient (Wildman–Crippen LogP) is 4.56. The number of para-hydroxylation sites is 1. The number of nitrogens with one attached hydrogen (secondary N) is 1. The second-order valence-corrected chi connectivity index (χ2v) is 7.12. The van der Waals surface area contributed by atoms with E-state index in [2.05, 4.69) is 15.3 Å². The normalized spacial score (nSPS) is 12.1. The lowest BCUT2D eigenvalue weighted by Crippen LogP contribution is -2.28. The van der Waals surface area contributed by atoms with Crippen LogP contribution in [0.5, 0.6) is 0 Å². The molecule has 6 heteroatoms. The fourth-order valence-corrected chi connectivity index (χ4v) is 3.52. The van der Waals surface area contributed by atoms with E-state index in [1.807, 2.05) is 62.4 Å². The summed E-state index contributed by atoms with van der Waals surface area (Å²) in [5, 5.41) is 5.49. The molecule has 128 valence electrons. The summed E-state index contributed by atoms with van der Waals surface area (Å²) >= 11 is 7.32. The van der Waals surface area contributed by atoms with Gasteiger partial charge in [-0.2, -0.15) is 0 Å². The zero-order valence-corrected chi connectivity index (χ0v) is 15.6. The maximum absolute atomic E-state index is 12.3. The lowest BCUT2D eigenvalue weighted by atomic mass is 10.1. The van der Waals surface area contributed by atoms with Crippen LogP contribution in [0, 0.1) is 6.92 Å². The van der Waals surface area contributed by atoms with Crippen molar-refractivity contribution in [1.29, 1.82) is 0 Å². The number of aryl methyl sites for hydroxylation is 1. The van der Waals surface area contributed by atoms with E-state index in [1.54, 1.807) is 0 Å². The van der Waals surface area contributed by atoms with Crippen LogP contribution in [0.2, 0.25) is 5.02 Å². The number of halogens is 1. The molecule has 0 unspecified atom stereocenters. The van der Waals surface area contributed by atoms with Gasteiger partial charge < -0.3 is 5.32 Å². The quantitative estimate of drug-likeness (QED) is 0.527. The smallest absolute Gasteiger partial charge is 0.230 e. The van der Waals surface area contributed by atoms with Crippen LogP contribution in [0.25, 0.3) is 10.9 Å². The van der Waals surface area contributed by atoms with Crippen LogP contribution in [-0.4, -0.2) is 21.6 Å². The number of carbonyl (C=O) groups is 1. The Balaban J connectivity index is 1.65. The second kappa shape index (κ2) is 7.85. The first-order chi connectivity index (χ1) is 12.0. The second-order valence-electron chi connectivity index (χ2n) is 5.72. The molecule has 1 amide bonds. The van der Waals surface area contributed by atoms with Crippen molar-refractivity contribution in [2.45, 2.75) is 24.9 Å². The Bertz CT molecular complexity index is 899. The van der Waals surface area contributed by atoms with Gasteiger partial charge in [0, 0.05) is 10.4 Å². The van der Waals surface area contributed by atoms with Crippen molar-refractivity contribution in [1.82, 2.24) is 15.3 Å². The molecule has 2 aromatic carbocycles. The number of nitrogens with zero attached hydrogens (tertiary/aromatic N) is 2. The number of fused-ring (bicyclic) bond motifs is 1. The van der Waals surface area contributed by atoms with Crippen molar-refractivity contribution in [2.75, 3.05) is 5.75 Å². The summed E-state index contributed by atoms with van der Waals surface area (Å²) < 4.78 is 0. The summed E-state index contributed by atoms with van der Waals surface area (Å²) in [6.45, 7) is 3.81. The Labute approximate surface area is 156 Å². The lowest BCUT2D eigenvalue weighted by molar-refractivity contribution is -0.119. The van der Waals surface area contributed by atoms with E-state index < -0.39 is 0 Å². The van der Waals surface area contributed by atoms with Crippen LogP contribution >= 0.6 is 23.4 Å². The van der Waals surface area contributed by atoms with Gasteiger partial charge in [0.25, 0.3) is 0 Å². The van der Waals surface area contributed by atoms with E-state index >= 15 is 0 Å². The molecule has 1 N–H and O–H groups in total. The minimum Gasteiger partial charge on any atom is -0.349 e. The summed E-state index contributed by atoms with van der Waals surface area (Å²) in [4.78, 5) is 21.2.